The molecule has 0 unspecified atom stereocenters. The van der Waals surface area contributed by atoms with Gasteiger partial charge in [0.1, 0.15) is 0 Å². The highest BCUT2D eigenvalue weighted by Gasteiger charge is 2.25. The number of nitrogens with zero attached hydrogens (tertiary/aromatic N) is 4. The van der Waals surface area contributed by atoms with Crippen LogP contribution in [0.2, 0.25) is 0 Å². The van der Waals surface area contributed by atoms with Crippen LogP contribution in [0.25, 0.3) is 5.69 Å². The van der Waals surface area contributed by atoms with Crippen LogP contribution < -0.4 is 5.32 Å². The first-order chi connectivity index (χ1) is 12.5. The van der Waals surface area contributed by atoms with Crippen molar-refractivity contribution in [3.05, 3.63) is 64.6 Å². The molecule has 0 fully saturated rings. The van der Waals surface area contributed by atoms with Gasteiger partial charge >= 0.3 is 0 Å². The number of aryl methyl sites for hydroxylation is 1. The minimum absolute atomic E-state index is 0.102. The number of fused-ring (bicyclic) bond motifs is 1. The van der Waals surface area contributed by atoms with Crippen LogP contribution in [0.1, 0.15) is 33.0 Å². The molecule has 0 aliphatic carbocycles. The van der Waals surface area contributed by atoms with Gasteiger partial charge in [-0.3, -0.25) is 9.78 Å². The number of hydrogen-bond acceptors (Lipinski definition) is 5. The number of amides is 1. The Bertz CT molecular complexity index is 1010. The molecule has 0 spiro atoms. The van der Waals surface area contributed by atoms with E-state index in [-0.39, 0.29) is 5.91 Å². The second-order valence-electron chi connectivity index (χ2n) is 6.16. The highest BCUT2D eigenvalue weighted by molar-refractivity contribution is 5.97. The van der Waals surface area contributed by atoms with E-state index in [1.807, 2.05) is 19.1 Å². The number of aromatic nitrogens is 4. The van der Waals surface area contributed by atoms with Gasteiger partial charge in [0.05, 0.1) is 22.6 Å². The predicted octanol–water partition coefficient (Wildman–Crippen LogP) is 1.69. The normalized spacial score (nSPS) is 13.4. The second-order valence-corrected chi connectivity index (χ2v) is 6.16. The van der Waals surface area contributed by atoms with Crippen molar-refractivity contribution in [2.75, 3.05) is 6.54 Å². The molecule has 3 aromatic heterocycles. The lowest BCUT2D eigenvalue weighted by molar-refractivity contribution is 0.0945. The standard InChI is InChI=1S/C18H16FN5O2/c1-10-16-15(3-5-21-18(16)26)24(23-10)13-2-4-20-12(8-13)6-11-7-14(19)17(25)22-9-11/h2,4,7-9H,3,5-6H2,1H3,(H,21,26)(H,22,25). The van der Waals surface area contributed by atoms with Crippen LogP contribution in [-0.4, -0.2) is 37.3 Å². The Morgan fingerprint density at radius 3 is 3.00 bits per heavy atom. The zero-order valence-corrected chi connectivity index (χ0v) is 14.0. The highest BCUT2D eigenvalue weighted by Crippen LogP contribution is 2.22. The van der Waals surface area contributed by atoms with Crippen LogP contribution in [0, 0.1) is 12.7 Å². The minimum atomic E-state index is -0.763. The van der Waals surface area contributed by atoms with Crippen molar-refractivity contribution in [1.29, 1.82) is 0 Å². The van der Waals surface area contributed by atoms with Crippen molar-refractivity contribution in [1.82, 2.24) is 25.1 Å². The van der Waals surface area contributed by atoms with E-state index in [2.05, 4.69) is 20.4 Å². The summed E-state index contributed by atoms with van der Waals surface area (Å²) in [6.45, 7) is 2.39. The highest BCUT2D eigenvalue weighted by atomic mass is 19.1. The lowest BCUT2D eigenvalue weighted by atomic mass is 10.1. The number of nitrogens with one attached hydrogen (secondary N) is 1. The third-order valence-electron chi connectivity index (χ3n) is 4.34. The van der Waals surface area contributed by atoms with Crippen LogP contribution >= 0.6 is 0 Å². The van der Waals surface area contributed by atoms with Gasteiger partial charge in [0.2, 0.25) is 5.88 Å². The third kappa shape index (κ3) is 2.79. The Balaban J connectivity index is 1.69. The number of aromatic hydroxyl groups is 1. The SMILES string of the molecule is Cc1nn(-c2ccnc(Cc3cnc(O)c(F)c3)c2)c2c1C(=O)NCC2. The molecule has 0 saturated carbocycles. The Morgan fingerprint density at radius 1 is 1.35 bits per heavy atom. The van der Waals surface area contributed by atoms with Crippen molar-refractivity contribution >= 4 is 5.91 Å². The number of hydrogen-bond donors (Lipinski definition) is 2. The molecule has 1 aliphatic heterocycles. The van der Waals surface area contributed by atoms with Crippen molar-refractivity contribution in [3.8, 4) is 11.6 Å². The van der Waals surface area contributed by atoms with Crippen molar-refractivity contribution < 1.29 is 14.3 Å². The predicted molar refractivity (Wildman–Crippen MR) is 90.8 cm³/mol. The fraction of sp³-hybridized carbons (Fsp3) is 0.222. The summed E-state index contributed by atoms with van der Waals surface area (Å²) < 4.78 is 15.2. The topological polar surface area (TPSA) is 92.9 Å². The summed E-state index contributed by atoms with van der Waals surface area (Å²) in [7, 11) is 0. The number of carbonyl (C=O) groups is 1. The van der Waals surface area contributed by atoms with Crippen molar-refractivity contribution in [2.45, 2.75) is 19.8 Å². The first kappa shape index (κ1) is 16.2. The molecule has 4 heterocycles. The van der Waals surface area contributed by atoms with Crippen LogP contribution in [0.3, 0.4) is 0 Å². The summed E-state index contributed by atoms with van der Waals surface area (Å²) in [5, 5.41) is 16.5. The maximum Gasteiger partial charge on any atom is 0.255 e. The van der Waals surface area contributed by atoms with Crippen molar-refractivity contribution in [3.63, 3.8) is 0 Å². The molecule has 1 aliphatic rings. The molecule has 0 atom stereocenters. The first-order valence-corrected chi connectivity index (χ1v) is 8.18. The van der Waals surface area contributed by atoms with E-state index in [0.717, 1.165) is 11.4 Å². The van der Waals surface area contributed by atoms with Gasteiger partial charge < -0.3 is 10.4 Å². The molecule has 132 valence electrons. The molecule has 26 heavy (non-hydrogen) atoms. The Kier molecular flexibility index (Phi) is 3.87. The summed E-state index contributed by atoms with van der Waals surface area (Å²) in [4.78, 5) is 20.0. The molecule has 8 heteroatoms. The van der Waals surface area contributed by atoms with E-state index in [4.69, 9.17) is 0 Å². The molecular weight excluding hydrogens is 337 g/mol. The minimum Gasteiger partial charge on any atom is -0.491 e. The van der Waals surface area contributed by atoms with Crippen LogP contribution in [-0.2, 0) is 12.8 Å². The van der Waals surface area contributed by atoms with Gasteiger partial charge in [-0.05, 0) is 30.7 Å². The van der Waals surface area contributed by atoms with Gasteiger partial charge in [-0.25, -0.2) is 14.1 Å². The van der Waals surface area contributed by atoms with E-state index in [1.54, 1.807) is 10.9 Å². The van der Waals surface area contributed by atoms with Crippen LogP contribution in [0.4, 0.5) is 4.39 Å². The molecule has 4 rings (SSSR count). The molecule has 7 nitrogen and oxygen atoms in total. The summed E-state index contributed by atoms with van der Waals surface area (Å²) in [6.07, 6.45) is 4.13. The molecule has 0 bridgehead atoms. The quantitative estimate of drug-likeness (QED) is 0.747. The van der Waals surface area contributed by atoms with Gasteiger partial charge in [-0.1, -0.05) is 0 Å². The zero-order valence-electron chi connectivity index (χ0n) is 14.0. The Hall–Kier alpha value is -3.29. The number of pyridine rings is 2. The maximum atomic E-state index is 13.5. The molecular formula is C18H16FN5O2. The van der Waals surface area contributed by atoms with E-state index in [1.165, 1.54) is 12.3 Å². The molecule has 2 N–H and O–H groups in total. The zero-order chi connectivity index (χ0) is 18.3. The molecule has 0 radical (unpaired) electrons. The molecule has 0 aromatic carbocycles. The largest absolute Gasteiger partial charge is 0.491 e. The summed E-state index contributed by atoms with van der Waals surface area (Å²) >= 11 is 0. The molecule has 3 aromatic rings. The number of rotatable bonds is 3. The third-order valence-corrected chi connectivity index (χ3v) is 4.34. The van der Waals surface area contributed by atoms with E-state index >= 15 is 0 Å². The lowest BCUT2D eigenvalue weighted by Crippen LogP contribution is -2.32. The summed E-state index contributed by atoms with van der Waals surface area (Å²) in [5.74, 6) is -1.48. The van der Waals surface area contributed by atoms with Crippen molar-refractivity contribution in [2.24, 2.45) is 0 Å². The fourth-order valence-corrected chi connectivity index (χ4v) is 3.17. The summed E-state index contributed by atoms with van der Waals surface area (Å²) in [6, 6.07) is 4.91. The number of halogens is 1. The fourth-order valence-electron chi connectivity index (χ4n) is 3.17. The smallest absolute Gasteiger partial charge is 0.255 e. The Morgan fingerprint density at radius 2 is 2.19 bits per heavy atom. The van der Waals surface area contributed by atoms with E-state index in [9.17, 15) is 14.3 Å². The molecule has 1 amide bonds. The van der Waals surface area contributed by atoms with Gasteiger partial charge in [-0.2, -0.15) is 5.10 Å². The van der Waals surface area contributed by atoms with Crippen LogP contribution in [0.15, 0.2) is 30.6 Å². The van der Waals surface area contributed by atoms with Gasteiger partial charge in [0, 0.05) is 37.5 Å². The maximum absolute atomic E-state index is 13.5. The first-order valence-electron chi connectivity index (χ1n) is 8.18. The van der Waals surface area contributed by atoms with Gasteiger partial charge in [0.15, 0.2) is 5.82 Å². The lowest BCUT2D eigenvalue weighted by Gasteiger charge is -2.15. The van der Waals surface area contributed by atoms with Crippen LogP contribution in [0.5, 0.6) is 5.88 Å². The average molecular weight is 353 g/mol. The Labute approximate surface area is 148 Å². The van der Waals surface area contributed by atoms with E-state index in [0.29, 0.717) is 41.9 Å². The average Bonchev–Trinajstić information content (AvgIpc) is 2.97. The van der Waals surface area contributed by atoms with Gasteiger partial charge in [-0.15, -0.1) is 0 Å². The second kappa shape index (κ2) is 6.21. The van der Waals surface area contributed by atoms with E-state index < -0.39 is 11.7 Å². The molecule has 0 saturated heterocycles. The monoisotopic (exact) mass is 353 g/mol. The number of carbonyl (C=O) groups excluding carboxylic acids is 1. The van der Waals surface area contributed by atoms with Gasteiger partial charge in [0.25, 0.3) is 5.91 Å². The summed E-state index contributed by atoms with van der Waals surface area (Å²) in [5.41, 5.74) is 4.28.